The number of benzene rings is 1. The lowest BCUT2D eigenvalue weighted by Gasteiger charge is -2.01. The highest BCUT2D eigenvalue weighted by molar-refractivity contribution is 5.93. The van der Waals surface area contributed by atoms with Crippen LogP contribution >= 0.6 is 0 Å². The lowest BCUT2D eigenvalue weighted by atomic mass is 10.1. The fraction of sp³-hybridized carbons (Fsp3) is 0.214. The smallest absolute Gasteiger partial charge is 0.345 e. The molecule has 0 spiro atoms. The topological polar surface area (TPSA) is 57.9 Å². The summed E-state index contributed by atoms with van der Waals surface area (Å²) >= 11 is 0. The van der Waals surface area contributed by atoms with E-state index in [2.05, 4.69) is 4.74 Å². The number of esters is 1. The minimum absolute atomic E-state index is 0.129. The zero-order valence-corrected chi connectivity index (χ0v) is 10.9. The minimum Gasteiger partial charge on any atom is -0.497 e. The molecule has 0 N–H and O–H groups in total. The second-order valence-electron chi connectivity index (χ2n) is 3.74. The first-order valence-electron chi connectivity index (χ1n) is 5.60. The van der Waals surface area contributed by atoms with E-state index in [1.54, 1.807) is 19.2 Å². The third kappa shape index (κ3) is 2.54. The average Bonchev–Trinajstić information content (AvgIpc) is 2.90. The van der Waals surface area contributed by atoms with Crippen molar-refractivity contribution in [2.24, 2.45) is 0 Å². The minimum atomic E-state index is -0.505. The van der Waals surface area contributed by atoms with E-state index >= 15 is 0 Å². The Labute approximate surface area is 110 Å². The van der Waals surface area contributed by atoms with E-state index in [4.69, 9.17) is 13.9 Å². The van der Waals surface area contributed by atoms with Crippen molar-refractivity contribution in [1.82, 2.24) is 0 Å². The molecule has 2 aromatic rings. The van der Waals surface area contributed by atoms with Gasteiger partial charge in [0.1, 0.15) is 17.1 Å². The van der Waals surface area contributed by atoms with E-state index < -0.39 is 5.97 Å². The van der Waals surface area contributed by atoms with Gasteiger partial charge < -0.3 is 18.6 Å². The summed E-state index contributed by atoms with van der Waals surface area (Å²) < 4.78 is 20.3. The number of ether oxygens (including phenoxy) is 3. The van der Waals surface area contributed by atoms with E-state index in [1.807, 2.05) is 18.2 Å². The first-order valence-corrected chi connectivity index (χ1v) is 5.60. The lowest BCUT2D eigenvalue weighted by Crippen LogP contribution is -2.01. The summed E-state index contributed by atoms with van der Waals surface area (Å²) in [5, 5.41) is 0. The van der Waals surface area contributed by atoms with Gasteiger partial charge >= 0.3 is 5.97 Å². The molecular formula is C14H14O5. The Morgan fingerprint density at radius 3 is 2.53 bits per heavy atom. The second kappa shape index (κ2) is 5.48. The molecule has 0 atom stereocenters. The van der Waals surface area contributed by atoms with Gasteiger partial charge in [0, 0.05) is 11.6 Å². The first-order chi connectivity index (χ1) is 9.19. The summed E-state index contributed by atoms with van der Waals surface area (Å²) in [6.07, 6.45) is 0. The van der Waals surface area contributed by atoms with Gasteiger partial charge in [0.2, 0.25) is 0 Å². The quantitative estimate of drug-likeness (QED) is 0.793. The maximum atomic E-state index is 11.6. The summed E-state index contributed by atoms with van der Waals surface area (Å²) in [5.74, 6) is 0.836. The molecule has 0 saturated carbocycles. The zero-order valence-electron chi connectivity index (χ0n) is 10.9. The summed E-state index contributed by atoms with van der Waals surface area (Å²) in [5.41, 5.74) is 1.04. The fourth-order valence-corrected chi connectivity index (χ4v) is 1.70. The highest BCUT2D eigenvalue weighted by Gasteiger charge is 2.20. The molecule has 0 aliphatic rings. The first kappa shape index (κ1) is 13.0. The van der Waals surface area contributed by atoms with E-state index in [-0.39, 0.29) is 11.5 Å². The third-order valence-corrected chi connectivity index (χ3v) is 2.64. The Hall–Kier alpha value is -2.43. The second-order valence-corrected chi connectivity index (χ2v) is 3.74. The van der Waals surface area contributed by atoms with Gasteiger partial charge in [-0.25, -0.2) is 4.79 Å². The summed E-state index contributed by atoms with van der Waals surface area (Å²) in [4.78, 5) is 11.6. The van der Waals surface area contributed by atoms with Gasteiger partial charge in [-0.15, -0.1) is 0 Å². The van der Waals surface area contributed by atoms with Crippen LogP contribution in [0.2, 0.25) is 0 Å². The molecule has 1 heterocycles. The number of furan rings is 1. The Balaban J connectivity index is 2.45. The van der Waals surface area contributed by atoms with E-state index in [0.29, 0.717) is 11.5 Å². The Bertz CT molecular complexity index is 585. The third-order valence-electron chi connectivity index (χ3n) is 2.64. The normalized spacial score (nSPS) is 10.1. The van der Waals surface area contributed by atoms with Crippen LogP contribution in [0.15, 0.2) is 34.7 Å². The van der Waals surface area contributed by atoms with Crippen molar-refractivity contribution in [1.29, 1.82) is 0 Å². The molecule has 0 fully saturated rings. The van der Waals surface area contributed by atoms with Crippen molar-refractivity contribution in [3.8, 4) is 23.0 Å². The van der Waals surface area contributed by atoms with Crippen LogP contribution in [0.4, 0.5) is 0 Å². The predicted molar refractivity (Wildman–Crippen MR) is 68.6 cm³/mol. The summed E-state index contributed by atoms with van der Waals surface area (Å²) in [6, 6.07) is 8.90. The molecule has 0 amide bonds. The molecule has 0 aliphatic carbocycles. The number of rotatable bonds is 4. The molecule has 2 rings (SSSR count). The molecule has 0 unspecified atom stereocenters. The van der Waals surface area contributed by atoms with Crippen LogP contribution in [0, 0.1) is 0 Å². The molecule has 0 radical (unpaired) electrons. The Morgan fingerprint density at radius 2 is 1.89 bits per heavy atom. The van der Waals surface area contributed by atoms with Gasteiger partial charge in [-0.3, -0.25) is 0 Å². The summed E-state index contributed by atoms with van der Waals surface area (Å²) in [7, 11) is 4.32. The fourth-order valence-electron chi connectivity index (χ4n) is 1.70. The number of carbonyl (C=O) groups excluding carboxylic acids is 1. The maximum Gasteiger partial charge on any atom is 0.345 e. The van der Waals surface area contributed by atoms with E-state index in [0.717, 1.165) is 5.56 Å². The largest absolute Gasteiger partial charge is 0.497 e. The molecule has 1 aromatic heterocycles. The summed E-state index contributed by atoms with van der Waals surface area (Å²) in [6.45, 7) is 0. The molecule has 5 heteroatoms. The van der Waals surface area contributed by atoms with Crippen LogP contribution in [0.3, 0.4) is 0 Å². The van der Waals surface area contributed by atoms with Crippen LogP contribution in [-0.2, 0) is 4.74 Å². The molecule has 1 aromatic carbocycles. The van der Waals surface area contributed by atoms with Gasteiger partial charge in [0.05, 0.1) is 21.3 Å². The molecule has 0 bridgehead atoms. The Morgan fingerprint density at radius 1 is 1.11 bits per heavy atom. The van der Waals surface area contributed by atoms with Gasteiger partial charge in [0.15, 0.2) is 0 Å². The van der Waals surface area contributed by atoms with Crippen molar-refractivity contribution in [3.05, 3.63) is 35.9 Å². The van der Waals surface area contributed by atoms with Crippen molar-refractivity contribution in [2.45, 2.75) is 0 Å². The van der Waals surface area contributed by atoms with Crippen LogP contribution in [0.1, 0.15) is 10.4 Å². The van der Waals surface area contributed by atoms with Gasteiger partial charge in [-0.05, 0) is 12.1 Å². The van der Waals surface area contributed by atoms with Gasteiger partial charge in [0.25, 0.3) is 5.95 Å². The zero-order chi connectivity index (χ0) is 13.8. The maximum absolute atomic E-state index is 11.6. The van der Waals surface area contributed by atoms with Crippen molar-refractivity contribution in [3.63, 3.8) is 0 Å². The highest BCUT2D eigenvalue weighted by Crippen LogP contribution is 2.32. The molecule has 19 heavy (non-hydrogen) atoms. The molecule has 0 saturated heterocycles. The number of hydrogen-bond donors (Lipinski definition) is 0. The van der Waals surface area contributed by atoms with E-state index in [1.165, 1.54) is 14.2 Å². The van der Waals surface area contributed by atoms with Crippen LogP contribution < -0.4 is 9.47 Å². The molecule has 0 aliphatic heterocycles. The average molecular weight is 262 g/mol. The van der Waals surface area contributed by atoms with Gasteiger partial charge in [-0.2, -0.15) is 0 Å². The molecular weight excluding hydrogens is 248 g/mol. The monoisotopic (exact) mass is 262 g/mol. The van der Waals surface area contributed by atoms with Crippen LogP contribution in [0.25, 0.3) is 11.3 Å². The van der Waals surface area contributed by atoms with Gasteiger partial charge in [-0.1, -0.05) is 12.1 Å². The number of hydrogen-bond acceptors (Lipinski definition) is 5. The number of carbonyl (C=O) groups is 1. The van der Waals surface area contributed by atoms with Crippen molar-refractivity contribution < 1.29 is 23.4 Å². The molecule has 5 nitrogen and oxygen atoms in total. The predicted octanol–water partition coefficient (Wildman–Crippen LogP) is 2.75. The van der Waals surface area contributed by atoms with Crippen LogP contribution in [-0.4, -0.2) is 27.3 Å². The standard InChI is InChI=1S/C14H14O5/c1-16-10-6-4-5-9(7-10)12-8-11(13(15)17-2)14(18-3)19-12/h4-8H,1-3H3. The van der Waals surface area contributed by atoms with Crippen molar-refractivity contribution in [2.75, 3.05) is 21.3 Å². The van der Waals surface area contributed by atoms with Crippen molar-refractivity contribution >= 4 is 5.97 Å². The SMILES string of the molecule is COC(=O)c1cc(-c2cccc(OC)c2)oc1OC. The lowest BCUT2D eigenvalue weighted by molar-refractivity contribution is 0.0594. The molecule has 100 valence electrons. The van der Waals surface area contributed by atoms with E-state index in [9.17, 15) is 4.79 Å². The number of methoxy groups -OCH3 is 3. The highest BCUT2D eigenvalue weighted by atomic mass is 16.6. The Kier molecular flexibility index (Phi) is 3.75. The van der Waals surface area contributed by atoms with Crippen LogP contribution in [0.5, 0.6) is 11.7 Å².